The number of hydrogen-bond donors (Lipinski definition) is 1. The summed E-state index contributed by atoms with van der Waals surface area (Å²) in [6.07, 6.45) is 16.0. The van der Waals surface area contributed by atoms with Crippen molar-refractivity contribution >= 4 is 11.6 Å². The molecule has 2 nitrogen and oxygen atoms in total. The first-order valence-corrected chi connectivity index (χ1v) is 8.94. The molecule has 1 unspecified atom stereocenters. The molecule has 1 aromatic carbocycles. The van der Waals surface area contributed by atoms with Crippen molar-refractivity contribution in [3.05, 3.63) is 54.1 Å². The fraction of sp³-hybridized carbons (Fsp3) is 0.476. The number of benzene rings is 1. The van der Waals surface area contributed by atoms with Gasteiger partial charge in [-0.2, -0.15) is 0 Å². The highest BCUT2D eigenvalue weighted by molar-refractivity contribution is 5.95. The Morgan fingerprint density at radius 1 is 0.913 bits per heavy atom. The van der Waals surface area contributed by atoms with Crippen molar-refractivity contribution in [2.24, 2.45) is 17.8 Å². The van der Waals surface area contributed by atoms with Crippen LogP contribution >= 0.6 is 0 Å². The van der Waals surface area contributed by atoms with Gasteiger partial charge in [0, 0.05) is 11.6 Å². The van der Waals surface area contributed by atoms with Crippen molar-refractivity contribution in [2.45, 2.75) is 45.4 Å². The second kappa shape index (κ2) is 7.63. The average molecular weight is 309 g/mol. The highest BCUT2D eigenvalue weighted by Crippen LogP contribution is 2.52. The van der Waals surface area contributed by atoms with Crippen LogP contribution in [0, 0.1) is 24.7 Å². The van der Waals surface area contributed by atoms with Crippen LogP contribution in [0.5, 0.6) is 0 Å². The lowest BCUT2D eigenvalue weighted by Gasteiger charge is -2.08. The predicted molar refractivity (Wildman–Crippen MR) is 96.3 cm³/mol. The molecule has 0 aromatic heterocycles. The van der Waals surface area contributed by atoms with Gasteiger partial charge < -0.3 is 5.32 Å². The van der Waals surface area contributed by atoms with E-state index >= 15 is 0 Å². The van der Waals surface area contributed by atoms with Gasteiger partial charge in [0.15, 0.2) is 0 Å². The van der Waals surface area contributed by atoms with Crippen LogP contribution in [0.2, 0.25) is 0 Å². The van der Waals surface area contributed by atoms with Crippen molar-refractivity contribution in [2.75, 3.05) is 5.32 Å². The van der Waals surface area contributed by atoms with E-state index in [1.54, 1.807) is 0 Å². The number of anilines is 1. The molecule has 23 heavy (non-hydrogen) atoms. The smallest absolute Gasteiger partial charge is 0.228 e. The van der Waals surface area contributed by atoms with Gasteiger partial charge >= 0.3 is 0 Å². The van der Waals surface area contributed by atoms with Crippen LogP contribution in [0.25, 0.3) is 0 Å². The van der Waals surface area contributed by atoms with Crippen molar-refractivity contribution in [1.82, 2.24) is 0 Å². The predicted octanol–water partition coefficient (Wildman–Crippen LogP) is 5.26. The zero-order valence-electron chi connectivity index (χ0n) is 14.0. The summed E-state index contributed by atoms with van der Waals surface area (Å²) in [4.78, 5) is 12.7. The SMILES string of the molecule is Cc1ccccc1NC(=O)C1[C@H]2CC/C=C/CC/C=C/CC[C@@H]12. The minimum Gasteiger partial charge on any atom is -0.326 e. The molecule has 2 aliphatic carbocycles. The van der Waals surface area contributed by atoms with Gasteiger partial charge in [0.25, 0.3) is 0 Å². The Bertz CT molecular complexity index is 578. The largest absolute Gasteiger partial charge is 0.326 e. The highest BCUT2D eigenvalue weighted by Gasteiger charge is 2.52. The Kier molecular flexibility index (Phi) is 5.32. The molecule has 122 valence electrons. The number of carbonyl (C=O) groups excluding carboxylic acids is 1. The third kappa shape index (κ3) is 4.13. The first kappa shape index (κ1) is 16.0. The molecule has 3 rings (SSSR count). The lowest BCUT2D eigenvalue weighted by atomic mass is 10.1. The molecule has 0 radical (unpaired) electrons. The number of amides is 1. The lowest BCUT2D eigenvalue weighted by Crippen LogP contribution is -2.16. The molecule has 0 saturated heterocycles. The fourth-order valence-electron chi connectivity index (χ4n) is 3.79. The average Bonchev–Trinajstić information content (AvgIpc) is 3.22. The first-order chi connectivity index (χ1) is 11.3. The Morgan fingerprint density at radius 2 is 1.48 bits per heavy atom. The minimum absolute atomic E-state index is 0.206. The Balaban J connectivity index is 1.63. The highest BCUT2D eigenvalue weighted by atomic mass is 16.2. The van der Waals surface area contributed by atoms with Crippen LogP contribution in [-0.2, 0) is 4.79 Å². The van der Waals surface area contributed by atoms with Crippen LogP contribution in [0.4, 0.5) is 5.69 Å². The lowest BCUT2D eigenvalue weighted by molar-refractivity contribution is -0.117. The molecule has 1 fully saturated rings. The van der Waals surface area contributed by atoms with E-state index in [0.29, 0.717) is 11.8 Å². The number of allylic oxidation sites excluding steroid dienone is 4. The molecular weight excluding hydrogens is 282 g/mol. The van der Waals surface area contributed by atoms with Crippen molar-refractivity contribution in [3.63, 3.8) is 0 Å². The number of nitrogens with one attached hydrogen (secondary N) is 1. The second-order valence-electron chi connectivity index (χ2n) is 6.83. The summed E-state index contributed by atoms with van der Waals surface area (Å²) in [6.45, 7) is 2.04. The van der Waals surface area contributed by atoms with E-state index in [1.165, 1.54) is 0 Å². The summed E-state index contributed by atoms with van der Waals surface area (Å²) in [5.41, 5.74) is 2.09. The molecular formula is C21H27NO. The van der Waals surface area contributed by atoms with Gasteiger partial charge in [0.2, 0.25) is 5.91 Å². The molecule has 0 aliphatic heterocycles. The quantitative estimate of drug-likeness (QED) is 0.742. The van der Waals surface area contributed by atoms with E-state index in [2.05, 4.69) is 29.6 Å². The van der Waals surface area contributed by atoms with Crippen LogP contribution in [-0.4, -0.2) is 5.91 Å². The van der Waals surface area contributed by atoms with Crippen molar-refractivity contribution < 1.29 is 4.79 Å². The van der Waals surface area contributed by atoms with E-state index in [-0.39, 0.29) is 11.8 Å². The third-order valence-electron chi connectivity index (χ3n) is 5.20. The maximum atomic E-state index is 12.7. The molecule has 1 saturated carbocycles. The fourth-order valence-corrected chi connectivity index (χ4v) is 3.79. The summed E-state index contributed by atoms with van der Waals surface area (Å²) in [5.74, 6) is 1.56. The molecule has 2 heteroatoms. The summed E-state index contributed by atoms with van der Waals surface area (Å²) in [6, 6.07) is 8.03. The number of aryl methyl sites for hydroxylation is 1. The van der Waals surface area contributed by atoms with Gasteiger partial charge in [-0.3, -0.25) is 4.79 Å². The van der Waals surface area contributed by atoms with Gasteiger partial charge in [0.1, 0.15) is 0 Å². The third-order valence-corrected chi connectivity index (χ3v) is 5.20. The zero-order valence-corrected chi connectivity index (χ0v) is 14.0. The molecule has 0 bridgehead atoms. The van der Waals surface area contributed by atoms with Gasteiger partial charge in [-0.05, 0) is 68.9 Å². The minimum atomic E-state index is 0.206. The number of carbonyl (C=O) groups is 1. The number of hydrogen-bond acceptors (Lipinski definition) is 1. The normalized spacial score (nSPS) is 30.2. The monoisotopic (exact) mass is 309 g/mol. The molecule has 0 heterocycles. The summed E-state index contributed by atoms with van der Waals surface area (Å²) in [7, 11) is 0. The zero-order chi connectivity index (χ0) is 16.1. The summed E-state index contributed by atoms with van der Waals surface area (Å²) >= 11 is 0. The van der Waals surface area contributed by atoms with E-state index in [1.807, 2.05) is 31.2 Å². The number of para-hydroxylation sites is 1. The Morgan fingerprint density at radius 3 is 2.09 bits per heavy atom. The maximum absolute atomic E-state index is 12.7. The summed E-state index contributed by atoms with van der Waals surface area (Å²) < 4.78 is 0. The molecule has 0 spiro atoms. The Labute approximate surface area is 139 Å². The van der Waals surface area contributed by atoms with E-state index < -0.39 is 0 Å². The van der Waals surface area contributed by atoms with Crippen LogP contribution < -0.4 is 5.32 Å². The van der Waals surface area contributed by atoms with Crippen LogP contribution in [0.3, 0.4) is 0 Å². The molecule has 2 aliphatic rings. The van der Waals surface area contributed by atoms with Crippen LogP contribution in [0.1, 0.15) is 44.1 Å². The van der Waals surface area contributed by atoms with E-state index in [0.717, 1.165) is 49.8 Å². The summed E-state index contributed by atoms with van der Waals surface area (Å²) in [5, 5.41) is 3.15. The first-order valence-electron chi connectivity index (χ1n) is 8.94. The van der Waals surface area contributed by atoms with Crippen molar-refractivity contribution in [1.29, 1.82) is 0 Å². The van der Waals surface area contributed by atoms with Gasteiger partial charge in [-0.15, -0.1) is 0 Å². The van der Waals surface area contributed by atoms with Gasteiger partial charge in [-0.25, -0.2) is 0 Å². The maximum Gasteiger partial charge on any atom is 0.228 e. The van der Waals surface area contributed by atoms with Crippen molar-refractivity contribution in [3.8, 4) is 0 Å². The topological polar surface area (TPSA) is 29.1 Å². The number of rotatable bonds is 2. The molecule has 1 aromatic rings. The standard InChI is InChI=1S/C21H27NO/c1-16-12-10-11-15-19(16)22-21(23)20-17-13-8-6-4-2-3-5-7-9-14-18(17)20/h4-7,10-12,15,17-18,20H,2-3,8-9,13-14H2,1H3,(H,22,23)/b6-4+,7-5+/t17-,18+,20?. The van der Waals surface area contributed by atoms with E-state index in [4.69, 9.17) is 0 Å². The number of fused-ring (bicyclic) bond motifs is 1. The Hall–Kier alpha value is -1.83. The van der Waals surface area contributed by atoms with Gasteiger partial charge in [0.05, 0.1) is 0 Å². The van der Waals surface area contributed by atoms with Crippen LogP contribution in [0.15, 0.2) is 48.6 Å². The molecule has 1 amide bonds. The second-order valence-corrected chi connectivity index (χ2v) is 6.83. The molecule has 1 N–H and O–H groups in total. The van der Waals surface area contributed by atoms with Gasteiger partial charge in [-0.1, -0.05) is 42.5 Å². The van der Waals surface area contributed by atoms with E-state index in [9.17, 15) is 4.79 Å². The molecule has 3 atom stereocenters.